The molecule has 24 heavy (non-hydrogen) atoms. The SMILES string of the molecule is COc1cc(C(=O)N2CC[C@@H]2C(=O)NO)cc(CC2CC2)c1OC. The van der Waals surface area contributed by atoms with Crippen LogP contribution in [0.4, 0.5) is 0 Å². The minimum Gasteiger partial charge on any atom is -0.493 e. The summed E-state index contributed by atoms with van der Waals surface area (Å²) < 4.78 is 10.8. The van der Waals surface area contributed by atoms with Crippen LogP contribution in [0.3, 0.4) is 0 Å². The van der Waals surface area contributed by atoms with E-state index in [1.807, 2.05) is 6.07 Å². The molecule has 0 unspecified atom stereocenters. The van der Waals surface area contributed by atoms with Crippen molar-refractivity contribution < 1.29 is 24.3 Å². The Hall–Kier alpha value is -2.28. The van der Waals surface area contributed by atoms with Crippen LogP contribution >= 0.6 is 0 Å². The maximum Gasteiger partial charge on any atom is 0.266 e. The number of hydroxylamine groups is 1. The van der Waals surface area contributed by atoms with Gasteiger partial charge in [-0.2, -0.15) is 0 Å². The fourth-order valence-corrected chi connectivity index (χ4v) is 3.09. The lowest BCUT2D eigenvalue weighted by Crippen LogP contribution is -2.57. The Labute approximate surface area is 140 Å². The Morgan fingerprint density at radius 1 is 1.25 bits per heavy atom. The second kappa shape index (κ2) is 6.68. The molecule has 1 saturated carbocycles. The lowest BCUT2D eigenvalue weighted by atomic mass is 9.98. The van der Waals surface area contributed by atoms with Gasteiger partial charge in [-0.25, -0.2) is 5.48 Å². The van der Waals surface area contributed by atoms with Crippen molar-refractivity contribution in [2.24, 2.45) is 5.92 Å². The number of carbonyl (C=O) groups is 2. The molecule has 1 aliphatic heterocycles. The van der Waals surface area contributed by atoms with Crippen molar-refractivity contribution in [2.75, 3.05) is 20.8 Å². The van der Waals surface area contributed by atoms with Gasteiger partial charge in [0.15, 0.2) is 11.5 Å². The van der Waals surface area contributed by atoms with Crippen molar-refractivity contribution >= 4 is 11.8 Å². The molecule has 1 atom stereocenters. The van der Waals surface area contributed by atoms with Crippen molar-refractivity contribution in [2.45, 2.75) is 31.7 Å². The average Bonchev–Trinajstić information content (AvgIpc) is 3.36. The van der Waals surface area contributed by atoms with E-state index in [1.54, 1.807) is 25.8 Å². The molecule has 1 aromatic carbocycles. The zero-order valence-electron chi connectivity index (χ0n) is 13.9. The highest BCUT2D eigenvalue weighted by Gasteiger charge is 2.38. The topological polar surface area (TPSA) is 88.1 Å². The molecule has 0 radical (unpaired) electrons. The van der Waals surface area contributed by atoms with Crippen molar-refractivity contribution in [1.29, 1.82) is 0 Å². The number of nitrogens with zero attached hydrogens (tertiary/aromatic N) is 1. The highest BCUT2D eigenvalue weighted by atomic mass is 16.5. The summed E-state index contributed by atoms with van der Waals surface area (Å²) in [5, 5.41) is 8.77. The van der Waals surface area contributed by atoms with Crippen molar-refractivity contribution in [1.82, 2.24) is 10.4 Å². The largest absolute Gasteiger partial charge is 0.493 e. The van der Waals surface area contributed by atoms with Gasteiger partial charge in [-0.1, -0.05) is 0 Å². The van der Waals surface area contributed by atoms with E-state index in [4.69, 9.17) is 14.7 Å². The van der Waals surface area contributed by atoms with Crippen LogP contribution in [0.5, 0.6) is 11.5 Å². The molecule has 2 amide bonds. The van der Waals surface area contributed by atoms with E-state index in [1.165, 1.54) is 17.7 Å². The number of hydrogen-bond donors (Lipinski definition) is 2. The standard InChI is InChI=1S/C17H22N2O5/c1-23-14-9-12(8-11(15(14)24-2)7-10-3-4-10)17(21)19-6-5-13(19)16(20)18-22/h8-10,13,22H,3-7H2,1-2H3,(H,18,20)/t13-/m1/s1. The molecule has 1 saturated heterocycles. The van der Waals surface area contributed by atoms with Crippen molar-refractivity contribution in [3.8, 4) is 11.5 Å². The molecule has 7 heteroatoms. The summed E-state index contributed by atoms with van der Waals surface area (Å²) in [6.07, 6.45) is 3.77. The first-order valence-corrected chi connectivity index (χ1v) is 8.08. The number of nitrogens with one attached hydrogen (secondary N) is 1. The lowest BCUT2D eigenvalue weighted by molar-refractivity contribution is -0.137. The average molecular weight is 334 g/mol. The van der Waals surface area contributed by atoms with E-state index in [2.05, 4.69) is 0 Å². The maximum atomic E-state index is 12.7. The molecule has 0 aromatic heterocycles. The second-order valence-electron chi connectivity index (χ2n) is 6.30. The van der Waals surface area contributed by atoms with Gasteiger partial charge in [0.25, 0.3) is 11.8 Å². The molecule has 2 N–H and O–H groups in total. The van der Waals surface area contributed by atoms with Crippen LogP contribution in [-0.2, 0) is 11.2 Å². The molecule has 2 fully saturated rings. The van der Waals surface area contributed by atoms with E-state index in [9.17, 15) is 9.59 Å². The first-order valence-electron chi connectivity index (χ1n) is 8.08. The van der Waals surface area contributed by atoms with E-state index >= 15 is 0 Å². The fourth-order valence-electron chi connectivity index (χ4n) is 3.09. The quantitative estimate of drug-likeness (QED) is 0.606. The molecule has 1 aliphatic carbocycles. The van der Waals surface area contributed by atoms with Gasteiger partial charge in [0.1, 0.15) is 6.04 Å². The highest BCUT2D eigenvalue weighted by molar-refractivity contribution is 5.99. The minimum atomic E-state index is -0.623. The van der Waals surface area contributed by atoms with Gasteiger partial charge in [-0.3, -0.25) is 14.8 Å². The predicted octanol–water partition coefficient (Wildman–Crippen LogP) is 1.38. The third kappa shape index (κ3) is 3.03. The molecule has 2 aliphatic rings. The van der Waals surface area contributed by atoms with Gasteiger partial charge in [-0.15, -0.1) is 0 Å². The summed E-state index contributed by atoms with van der Waals surface area (Å²) >= 11 is 0. The molecule has 0 bridgehead atoms. The zero-order chi connectivity index (χ0) is 17.3. The number of likely N-dealkylation sites (tertiary alicyclic amines) is 1. The van der Waals surface area contributed by atoms with Gasteiger partial charge in [-0.05, 0) is 49.3 Å². The Morgan fingerprint density at radius 3 is 2.50 bits per heavy atom. The van der Waals surface area contributed by atoms with Crippen LogP contribution in [-0.4, -0.2) is 48.7 Å². The smallest absolute Gasteiger partial charge is 0.266 e. The summed E-state index contributed by atoms with van der Waals surface area (Å²) in [4.78, 5) is 25.8. The molecule has 1 aromatic rings. The third-order valence-corrected chi connectivity index (χ3v) is 4.70. The fraction of sp³-hybridized carbons (Fsp3) is 0.529. The summed E-state index contributed by atoms with van der Waals surface area (Å²) in [6.45, 7) is 0.489. The maximum absolute atomic E-state index is 12.7. The number of benzene rings is 1. The first-order chi connectivity index (χ1) is 11.6. The van der Waals surface area contributed by atoms with Crippen LogP contribution < -0.4 is 15.0 Å². The summed E-state index contributed by atoms with van der Waals surface area (Å²) in [5.74, 6) is 1.00. The second-order valence-corrected chi connectivity index (χ2v) is 6.30. The highest BCUT2D eigenvalue weighted by Crippen LogP contribution is 2.40. The number of hydrogen-bond acceptors (Lipinski definition) is 5. The van der Waals surface area contributed by atoms with Gasteiger partial charge in [0, 0.05) is 12.1 Å². The number of methoxy groups -OCH3 is 2. The monoisotopic (exact) mass is 334 g/mol. The predicted molar refractivity (Wildman–Crippen MR) is 85.3 cm³/mol. The molecular formula is C17H22N2O5. The van der Waals surface area contributed by atoms with Gasteiger partial charge >= 0.3 is 0 Å². The zero-order valence-corrected chi connectivity index (χ0v) is 13.9. The molecule has 1 heterocycles. The van der Waals surface area contributed by atoms with Crippen molar-refractivity contribution in [3.63, 3.8) is 0 Å². The Bertz CT molecular complexity index is 657. The van der Waals surface area contributed by atoms with E-state index in [0.717, 1.165) is 12.0 Å². The van der Waals surface area contributed by atoms with Crippen LogP contribution in [0.25, 0.3) is 0 Å². The number of carbonyl (C=O) groups excluding carboxylic acids is 2. The number of rotatable bonds is 6. The third-order valence-electron chi connectivity index (χ3n) is 4.70. The Kier molecular flexibility index (Phi) is 4.62. The Balaban J connectivity index is 1.89. The van der Waals surface area contributed by atoms with Gasteiger partial charge in [0.05, 0.1) is 14.2 Å². The summed E-state index contributed by atoms with van der Waals surface area (Å²) in [5.41, 5.74) is 3.03. The van der Waals surface area contributed by atoms with Crippen LogP contribution in [0.1, 0.15) is 35.2 Å². The van der Waals surface area contributed by atoms with E-state index < -0.39 is 11.9 Å². The van der Waals surface area contributed by atoms with Crippen LogP contribution in [0.15, 0.2) is 12.1 Å². The molecule has 3 rings (SSSR count). The van der Waals surface area contributed by atoms with Crippen molar-refractivity contribution in [3.05, 3.63) is 23.3 Å². The number of amides is 2. The van der Waals surface area contributed by atoms with Gasteiger partial charge < -0.3 is 14.4 Å². The summed E-state index contributed by atoms with van der Waals surface area (Å²) in [7, 11) is 3.13. The van der Waals surface area contributed by atoms with E-state index in [-0.39, 0.29) is 5.91 Å². The summed E-state index contributed by atoms with van der Waals surface area (Å²) in [6, 6.07) is 2.85. The molecular weight excluding hydrogens is 312 g/mol. The lowest BCUT2D eigenvalue weighted by Gasteiger charge is -2.39. The van der Waals surface area contributed by atoms with Crippen LogP contribution in [0.2, 0.25) is 0 Å². The number of ether oxygens (including phenoxy) is 2. The molecule has 0 spiro atoms. The molecule has 7 nitrogen and oxygen atoms in total. The normalized spacial score (nSPS) is 19.5. The first kappa shape index (κ1) is 16.6. The molecule has 130 valence electrons. The Morgan fingerprint density at radius 2 is 2.00 bits per heavy atom. The van der Waals surface area contributed by atoms with Crippen LogP contribution in [0, 0.1) is 5.92 Å². The van der Waals surface area contributed by atoms with E-state index in [0.29, 0.717) is 35.9 Å². The minimum absolute atomic E-state index is 0.243. The van der Waals surface area contributed by atoms with Gasteiger partial charge in [0.2, 0.25) is 0 Å².